The molecule has 11 nitrogen and oxygen atoms in total. The van der Waals surface area contributed by atoms with E-state index in [9.17, 15) is 24.9 Å². The first-order valence-corrected chi connectivity index (χ1v) is 22.3. The minimum absolute atomic E-state index is 0.0266. The number of hydrogen-bond acceptors (Lipinski definition) is 10. The lowest BCUT2D eigenvalue weighted by Gasteiger charge is -2.55. The van der Waals surface area contributed by atoms with E-state index in [4.69, 9.17) is 23.7 Å². The van der Waals surface area contributed by atoms with Crippen molar-refractivity contribution in [1.29, 1.82) is 0 Å². The zero-order chi connectivity index (χ0) is 41.4. The average Bonchev–Trinajstić information content (AvgIpc) is 3.51. The Morgan fingerprint density at radius 3 is 2.20 bits per heavy atom. The van der Waals surface area contributed by atoms with E-state index in [1.165, 1.54) is 0 Å². The third-order valence-corrected chi connectivity index (χ3v) is 15.1. The number of Topliss-reactive ketones (excluding diaryl/α,β-unsaturated/α-hetero) is 1. The van der Waals surface area contributed by atoms with Gasteiger partial charge in [-0.1, -0.05) is 68.4 Å². The molecule has 0 aliphatic carbocycles. The van der Waals surface area contributed by atoms with Crippen molar-refractivity contribution in [1.82, 2.24) is 5.32 Å². The van der Waals surface area contributed by atoms with Crippen LogP contribution in [0.3, 0.4) is 0 Å². The summed E-state index contributed by atoms with van der Waals surface area (Å²) in [5.41, 5.74) is -1.48. The number of aliphatic hydroxyl groups excluding tert-OH is 1. The van der Waals surface area contributed by atoms with Crippen molar-refractivity contribution in [2.24, 2.45) is 41.4 Å². The van der Waals surface area contributed by atoms with Gasteiger partial charge in [-0.25, -0.2) is 0 Å². The zero-order valence-electron chi connectivity index (χ0n) is 36.4. The number of hydrogen-bond donors (Lipinski definition) is 4. The SMILES string of the molecule is CCCN[C@H]1C=C[C@]2(O[C@H]([C@@H](CC)C(=O)[C@@H](C)[C@@H](O)[C@H](C)[C@@H]3O[C@@H]([C@@H](CC)C(=O)O)CC[C@@H]3C)[C@@H](C)C[C@H]2C)O[C@@]12CC[C@@](C)([C@H]1CC[C@](O)(CC)[C@H](C)O1)O2. The predicted molar refractivity (Wildman–Crippen MR) is 215 cm³/mol. The second-order valence-corrected chi connectivity index (χ2v) is 18.9. The second kappa shape index (κ2) is 18.0. The maximum atomic E-state index is 14.6. The molecule has 4 saturated heterocycles. The Morgan fingerprint density at radius 2 is 1.59 bits per heavy atom. The first-order chi connectivity index (χ1) is 26.3. The fourth-order valence-electron chi connectivity index (χ4n) is 11.0. The van der Waals surface area contributed by atoms with Crippen LogP contribution in [0.5, 0.6) is 0 Å². The van der Waals surface area contributed by atoms with Crippen LogP contribution in [0.4, 0.5) is 0 Å². The van der Waals surface area contributed by atoms with Crippen LogP contribution < -0.4 is 5.32 Å². The molecule has 5 aliphatic rings. The number of aliphatic carboxylic acids is 1. The summed E-state index contributed by atoms with van der Waals surface area (Å²) in [4.78, 5) is 26.6. The molecule has 5 aliphatic heterocycles. The summed E-state index contributed by atoms with van der Waals surface area (Å²) in [5.74, 6) is -5.02. The number of carboxylic acid groups (broad SMARTS) is 1. The first-order valence-electron chi connectivity index (χ1n) is 22.3. The third kappa shape index (κ3) is 8.72. The van der Waals surface area contributed by atoms with Crippen LogP contribution in [-0.4, -0.2) is 99.1 Å². The molecule has 5 rings (SSSR count). The smallest absolute Gasteiger partial charge is 0.309 e. The monoisotopic (exact) mass is 792 g/mol. The normalized spacial score (nSPS) is 44.3. The second-order valence-electron chi connectivity index (χ2n) is 18.9. The summed E-state index contributed by atoms with van der Waals surface area (Å²) < 4.78 is 34.6. The van der Waals surface area contributed by atoms with Crippen molar-refractivity contribution in [3.05, 3.63) is 12.2 Å². The van der Waals surface area contributed by atoms with E-state index in [2.05, 4.69) is 46.0 Å². The first kappa shape index (κ1) is 45.6. The van der Waals surface area contributed by atoms with Crippen LogP contribution in [0.15, 0.2) is 12.2 Å². The van der Waals surface area contributed by atoms with Gasteiger partial charge in [0, 0.05) is 30.1 Å². The molecule has 0 amide bonds. The molecular formula is C45H77NO10. The minimum atomic E-state index is -1.13. The fraction of sp³-hybridized carbons (Fsp3) is 0.911. The number of rotatable bonds is 15. The summed E-state index contributed by atoms with van der Waals surface area (Å²) in [7, 11) is 0. The quantitative estimate of drug-likeness (QED) is 0.125. The number of ether oxygens (including phenoxy) is 5. The van der Waals surface area contributed by atoms with E-state index in [1.807, 2.05) is 47.6 Å². The molecule has 0 aromatic heterocycles. The molecule has 2 spiro atoms. The standard InChI is InChI=1S/C45H77NO10/c1-12-24-46-35-18-21-44(56-45(35)23-22-42(11,55-45)36-19-20-43(51,15-4)31(10)52-36)28(7)25-27(6)40(54-44)33(14-3)38(48)29(8)37(47)30(9)39-26(5)16-17-34(53-39)32(13-2)41(49)50/h18,21,26-37,39-40,46-47,51H,12-17,19-20,22-25H2,1-11H3,(H,49,50)/t26-,27-,28+,29-,30-,31-,32+,33-,34+,35-,36+,37+,39+,40-,42-,43+,44-,45-/m0/s1. The molecule has 4 fully saturated rings. The molecule has 4 N–H and O–H groups in total. The van der Waals surface area contributed by atoms with Crippen molar-refractivity contribution in [2.75, 3.05) is 6.54 Å². The summed E-state index contributed by atoms with van der Waals surface area (Å²) >= 11 is 0. The summed E-state index contributed by atoms with van der Waals surface area (Å²) in [5, 5.41) is 36.5. The van der Waals surface area contributed by atoms with E-state index in [0.717, 1.165) is 32.2 Å². The number of ketones is 1. The molecular weight excluding hydrogens is 714 g/mol. The Balaban J connectivity index is 1.35. The van der Waals surface area contributed by atoms with Gasteiger partial charge in [0.05, 0.1) is 59.8 Å². The van der Waals surface area contributed by atoms with Gasteiger partial charge in [0.15, 0.2) is 11.6 Å². The van der Waals surface area contributed by atoms with Gasteiger partial charge in [-0.2, -0.15) is 0 Å². The molecule has 0 aromatic rings. The topological polar surface area (TPSA) is 153 Å². The molecule has 0 saturated carbocycles. The zero-order valence-corrected chi connectivity index (χ0v) is 36.4. The molecule has 0 radical (unpaired) electrons. The van der Waals surface area contributed by atoms with Gasteiger partial charge >= 0.3 is 5.97 Å². The Kier molecular flexibility index (Phi) is 14.7. The number of carbonyl (C=O) groups excluding carboxylic acids is 1. The lowest BCUT2D eigenvalue weighted by molar-refractivity contribution is -0.398. The van der Waals surface area contributed by atoms with E-state index in [-0.39, 0.29) is 53.8 Å². The van der Waals surface area contributed by atoms with Gasteiger partial charge in [0.1, 0.15) is 5.78 Å². The van der Waals surface area contributed by atoms with E-state index in [0.29, 0.717) is 44.9 Å². The molecule has 0 aromatic carbocycles. The molecule has 5 heterocycles. The van der Waals surface area contributed by atoms with Gasteiger partial charge < -0.3 is 44.3 Å². The highest BCUT2D eigenvalue weighted by atomic mass is 16.8. The highest BCUT2D eigenvalue weighted by Gasteiger charge is 2.63. The molecule has 18 atom stereocenters. The summed E-state index contributed by atoms with van der Waals surface area (Å²) in [6.45, 7) is 23.0. The van der Waals surface area contributed by atoms with E-state index in [1.54, 1.807) is 0 Å². The Labute approximate surface area is 337 Å². The van der Waals surface area contributed by atoms with Crippen molar-refractivity contribution in [2.45, 2.75) is 212 Å². The van der Waals surface area contributed by atoms with Crippen LogP contribution in [0.25, 0.3) is 0 Å². The molecule has 56 heavy (non-hydrogen) atoms. The molecule has 0 unspecified atom stereocenters. The van der Waals surface area contributed by atoms with Crippen LogP contribution in [-0.2, 0) is 33.3 Å². The van der Waals surface area contributed by atoms with Crippen molar-refractivity contribution < 1.29 is 48.6 Å². The van der Waals surface area contributed by atoms with Gasteiger partial charge in [0.25, 0.3) is 0 Å². The maximum Gasteiger partial charge on any atom is 0.309 e. The van der Waals surface area contributed by atoms with Gasteiger partial charge in [-0.05, 0) is 103 Å². The molecule has 11 heteroatoms. The number of aliphatic hydroxyl groups is 2. The van der Waals surface area contributed by atoms with Crippen LogP contribution in [0.2, 0.25) is 0 Å². The highest BCUT2D eigenvalue weighted by molar-refractivity contribution is 5.84. The predicted octanol–water partition coefficient (Wildman–Crippen LogP) is 7.20. The number of nitrogens with one attached hydrogen (secondary N) is 1. The Hall–Kier alpha value is -1.44. The lowest BCUT2D eigenvalue weighted by atomic mass is 9.72. The summed E-state index contributed by atoms with van der Waals surface area (Å²) in [6, 6.07) is -0.218. The summed E-state index contributed by atoms with van der Waals surface area (Å²) in [6.07, 6.45) is 9.06. The Bertz CT molecular complexity index is 1380. The van der Waals surface area contributed by atoms with Crippen molar-refractivity contribution in [3.8, 4) is 0 Å². The third-order valence-electron chi connectivity index (χ3n) is 15.1. The van der Waals surface area contributed by atoms with E-state index < -0.39 is 64.8 Å². The molecule has 322 valence electrons. The average molecular weight is 792 g/mol. The van der Waals surface area contributed by atoms with Crippen molar-refractivity contribution >= 4 is 11.8 Å². The van der Waals surface area contributed by atoms with Gasteiger partial charge in [-0.15, -0.1) is 0 Å². The van der Waals surface area contributed by atoms with Crippen molar-refractivity contribution in [3.63, 3.8) is 0 Å². The fourth-order valence-corrected chi connectivity index (χ4v) is 11.0. The van der Waals surface area contributed by atoms with Gasteiger partial charge in [-0.3, -0.25) is 9.59 Å². The largest absolute Gasteiger partial charge is 0.481 e. The molecule has 0 bridgehead atoms. The minimum Gasteiger partial charge on any atom is -0.481 e. The lowest BCUT2D eigenvalue weighted by Crippen LogP contribution is -2.65. The van der Waals surface area contributed by atoms with E-state index >= 15 is 0 Å². The Morgan fingerprint density at radius 1 is 0.893 bits per heavy atom. The highest BCUT2D eigenvalue weighted by Crippen LogP contribution is 2.54. The maximum absolute atomic E-state index is 14.6. The van der Waals surface area contributed by atoms with Crippen LogP contribution in [0, 0.1) is 41.4 Å². The van der Waals surface area contributed by atoms with Crippen LogP contribution in [0.1, 0.15) is 147 Å². The number of carboxylic acids is 1. The van der Waals surface area contributed by atoms with Crippen LogP contribution >= 0.6 is 0 Å². The van der Waals surface area contributed by atoms with Gasteiger partial charge in [0.2, 0.25) is 0 Å². The number of carbonyl (C=O) groups is 2.